The van der Waals surface area contributed by atoms with Gasteiger partial charge in [-0.25, -0.2) is 9.78 Å². The fourth-order valence-electron chi connectivity index (χ4n) is 3.85. The van der Waals surface area contributed by atoms with Crippen molar-refractivity contribution >= 4 is 45.8 Å². The molecular weight excluding hydrogens is 459 g/mol. The summed E-state index contributed by atoms with van der Waals surface area (Å²) >= 11 is 12.2. The van der Waals surface area contributed by atoms with Crippen molar-refractivity contribution in [3.8, 4) is 0 Å². The zero-order valence-corrected chi connectivity index (χ0v) is 21.0. The molecule has 0 radical (unpaired) electrons. The number of carbonyl (C=O) groups excluding carboxylic acids is 1. The van der Waals surface area contributed by atoms with Gasteiger partial charge >= 0.3 is 6.03 Å². The molecule has 8 heteroatoms. The Morgan fingerprint density at radius 3 is 2.48 bits per heavy atom. The molecule has 0 spiro atoms. The van der Waals surface area contributed by atoms with Crippen molar-refractivity contribution in [2.45, 2.75) is 53.1 Å². The first-order valence-corrected chi connectivity index (χ1v) is 12.0. The highest BCUT2D eigenvalue weighted by atomic mass is 35.5. The molecule has 2 aromatic carbocycles. The first kappa shape index (κ1) is 25.1. The van der Waals surface area contributed by atoms with Crippen molar-refractivity contribution in [1.82, 2.24) is 14.5 Å². The van der Waals surface area contributed by atoms with E-state index >= 15 is 0 Å². The van der Waals surface area contributed by atoms with E-state index in [2.05, 4.69) is 19.2 Å². The summed E-state index contributed by atoms with van der Waals surface area (Å²) in [4.78, 5) is 33.3. The van der Waals surface area contributed by atoms with Gasteiger partial charge in [-0.2, -0.15) is 0 Å². The van der Waals surface area contributed by atoms with Gasteiger partial charge < -0.3 is 10.2 Å². The number of halogens is 2. The maximum Gasteiger partial charge on any atom is 0.322 e. The van der Waals surface area contributed by atoms with E-state index < -0.39 is 0 Å². The Morgan fingerprint density at radius 2 is 1.85 bits per heavy atom. The second-order valence-corrected chi connectivity index (χ2v) is 9.21. The Bertz CT molecular complexity index is 1190. The third-order valence-electron chi connectivity index (χ3n) is 5.65. The van der Waals surface area contributed by atoms with Gasteiger partial charge in [0.15, 0.2) is 0 Å². The van der Waals surface area contributed by atoms with Crippen molar-refractivity contribution in [2.24, 2.45) is 5.92 Å². The molecule has 0 aliphatic carbocycles. The topological polar surface area (TPSA) is 67.2 Å². The van der Waals surface area contributed by atoms with Crippen LogP contribution in [0.15, 0.2) is 47.3 Å². The van der Waals surface area contributed by atoms with Crippen LogP contribution < -0.4 is 10.9 Å². The van der Waals surface area contributed by atoms with E-state index in [0.29, 0.717) is 57.9 Å². The first-order chi connectivity index (χ1) is 15.8. The second-order valence-electron chi connectivity index (χ2n) is 8.40. The quantitative estimate of drug-likeness (QED) is 0.380. The molecule has 2 amide bonds. The Labute approximate surface area is 204 Å². The first-order valence-electron chi connectivity index (χ1n) is 11.3. The lowest BCUT2D eigenvalue weighted by molar-refractivity contribution is 0.175. The molecule has 0 fully saturated rings. The predicted molar refractivity (Wildman–Crippen MR) is 136 cm³/mol. The number of para-hydroxylation sites is 1. The summed E-state index contributed by atoms with van der Waals surface area (Å²) in [6.07, 6.45) is 1.42. The molecule has 0 aliphatic rings. The number of rotatable bonds is 8. The molecule has 1 unspecified atom stereocenters. The number of hydrogen-bond acceptors (Lipinski definition) is 3. The highest BCUT2D eigenvalue weighted by Gasteiger charge is 2.28. The van der Waals surface area contributed by atoms with Crippen LogP contribution in [0.2, 0.25) is 10.0 Å². The summed E-state index contributed by atoms with van der Waals surface area (Å²) < 4.78 is 1.67. The number of nitrogens with one attached hydrogen (secondary N) is 1. The molecular formula is C25H30Cl2N4O2. The van der Waals surface area contributed by atoms with E-state index in [-0.39, 0.29) is 17.6 Å². The molecule has 6 nitrogen and oxygen atoms in total. The fraction of sp³-hybridized carbons (Fsp3) is 0.400. The minimum absolute atomic E-state index is 0.0924. The zero-order valence-electron chi connectivity index (χ0n) is 19.4. The summed E-state index contributed by atoms with van der Waals surface area (Å²) in [6, 6.07) is 11.7. The SMILES string of the molecule is CCC(c1nc2ccccc2c(=O)n1CC)N(CCC(C)C)C(=O)Nc1ccc(Cl)c(Cl)c1. The number of anilines is 1. The van der Waals surface area contributed by atoms with Gasteiger partial charge in [0.05, 0.1) is 27.0 Å². The molecule has 3 aromatic rings. The van der Waals surface area contributed by atoms with E-state index in [4.69, 9.17) is 28.2 Å². The van der Waals surface area contributed by atoms with E-state index in [9.17, 15) is 9.59 Å². The summed E-state index contributed by atoms with van der Waals surface area (Å²) in [5.41, 5.74) is 1.10. The number of hydrogen-bond donors (Lipinski definition) is 1. The number of urea groups is 1. The van der Waals surface area contributed by atoms with Crippen molar-refractivity contribution in [3.63, 3.8) is 0 Å². The van der Waals surface area contributed by atoms with Crippen molar-refractivity contribution < 1.29 is 4.79 Å². The van der Waals surface area contributed by atoms with Gasteiger partial charge in [-0.1, -0.05) is 56.1 Å². The maximum absolute atomic E-state index is 13.5. The molecule has 0 saturated heterocycles. The van der Waals surface area contributed by atoms with Crippen molar-refractivity contribution in [1.29, 1.82) is 0 Å². The monoisotopic (exact) mass is 488 g/mol. The lowest BCUT2D eigenvalue weighted by atomic mass is 10.1. The third-order valence-corrected chi connectivity index (χ3v) is 6.39. The highest BCUT2D eigenvalue weighted by Crippen LogP contribution is 2.28. The van der Waals surface area contributed by atoms with Crippen LogP contribution in [0.3, 0.4) is 0 Å². The molecule has 1 N–H and O–H groups in total. The van der Waals surface area contributed by atoms with E-state index in [1.54, 1.807) is 33.7 Å². The average Bonchev–Trinajstić information content (AvgIpc) is 2.79. The van der Waals surface area contributed by atoms with Gasteiger partial charge in [0.2, 0.25) is 0 Å². The lowest BCUT2D eigenvalue weighted by Crippen LogP contribution is -2.41. The largest absolute Gasteiger partial charge is 0.322 e. The van der Waals surface area contributed by atoms with Gasteiger partial charge in [0, 0.05) is 18.8 Å². The molecule has 33 heavy (non-hydrogen) atoms. The predicted octanol–water partition coefficient (Wildman–Crippen LogP) is 6.75. The van der Waals surface area contributed by atoms with E-state index in [1.165, 1.54) is 0 Å². The average molecular weight is 489 g/mol. The van der Waals surface area contributed by atoms with Gasteiger partial charge in [0.1, 0.15) is 5.82 Å². The summed E-state index contributed by atoms with van der Waals surface area (Å²) in [5.74, 6) is 0.998. The van der Waals surface area contributed by atoms with Crippen LogP contribution in [0.1, 0.15) is 52.4 Å². The van der Waals surface area contributed by atoms with Crippen LogP contribution in [0.25, 0.3) is 10.9 Å². The fourth-order valence-corrected chi connectivity index (χ4v) is 4.15. The van der Waals surface area contributed by atoms with Crippen LogP contribution in [-0.2, 0) is 6.54 Å². The number of amides is 2. The van der Waals surface area contributed by atoms with E-state index in [0.717, 1.165) is 6.42 Å². The van der Waals surface area contributed by atoms with Crippen LogP contribution in [-0.4, -0.2) is 27.0 Å². The van der Waals surface area contributed by atoms with Crippen molar-refractivity contribution in [2.75, 3.05) is 11.9 Å². The number of nitrogens with zero attached hydrogens (tertiary/aromatic N) is 3. The second kappa shape index (κ2) is 11.0. The Morgan fingerprint density at radius 1 is 1.12 bits per heavy atom. The molecule has 1 atom stereocenters. The standard InChI is InChI=1S/C25H30Cl2N4O2/c1-5-22(23-29-21-10-8-7-9-18(21)24(32)30(23)6-2)31(14-13-16(3)4)25(33)28-17-11-12-19(26)20(27)15-17/h7-12,15-16,22H,5-6,13-14H2,1-4H3,(H,28,33). The maximum atomic E-state index is 13.5. The van der Waals surface area contributed by atoms with Gasteiger partial charge in [-0.05, 0) is 56.0 Å². The number of benzene rings is 2. The van der Waals surface area contributed by atoms with Gasteiger partial charge in [-0.15, -0.1) is 0 Å². The Balaban J connectivity index is 2.05. The van der Waals surface area contributed by atoms with Crippen LogP contribution in [0, 0.1) is 5.92 Å². The summed E-state index contributed by atoms with van der Waals surface area (Å²) in [5, 5.41) is 4.30. The zero-order chi connectivity index (χ0) is 24.1. The molecule has 0 saturated carbocycles. The van der Waals surface area contributed by atoms with Crippen LogP contribution in [0.4, 0.5) is 10.5 Å². The minimum atomic E-state index is -0.372. The van der Waals surface area contributed by atoms with Gasteiger partial charge in [0.25, 0.3) is 5.56 Å². The third kappa shape index (κ3) is 5.68. The Hall–Kier alpha value is -2.57. The lowest BCUT2D eigenvalue weighted by Gasteiger charge is -2.33. The highest BCUT2D eigenvalue weighted by molar-refractivity contribution is 6.42. The molecule has 0 aliphatic heterocycles. The minimum Gasteiger partial charge on any atom is -0.314 e. The summed E-state index contributed by atoms with van der Waals surface area (Å²) in [6.45, 7) is 9.15. The Kier molecular flexibility index (Phi) is 8.38. The molecule has 176 valence electrons. The molecule has 3 rings (SSSR count). The molecule has 1 aromatic heterocycles. The number of fused-ring (bicyclic) bond motifs is 1. The van der Waals surface area contributed by atoms with E-state index in [1.807, 2.05) is 32.0 Å². The number of aromatic nitrogens is 2. The molecule has 1 heterocycles. The van der Waals surface area contributed by atoms with Crippen LogP contribution in [0.5, 0.6) is 0 Å². The normalized spacial score (nSPS) is 12.2. The molecule has 0 bridgehead atoms. The van der Waals surface area contributed by atoms with Crippen LogP contribution >= 0.6 is 23.2 Å². The summed E-state index contributed by atoms with van der Waals surface area (Å²) in [7, 11) is 0. The van der Waals surface area contributed by atoms with Gasteiger partial charge in [-0.3, -0.25) is 9.36 Å². The number of carbonyl (C=O) groups is 1. The van der Waals surface area contributed by atoms with Crippen molar-refractivity contribution in [3.05, 3.63) is 68.7 Å². The smallest absolute Gasteiger partial charge is 0.314 e.